The zero-order valence-corrected chi connectivity index (χ0v) is 21.0. The Morgan fingerprint density at radius 3 is 2.50 bits per heavy atom. The maximum absolute atomic E-state index is 12.5. The van der Waals surface area contributed by atoms with E-state index in [2.05, 4.69) is 19.1 Å². The zero-order valence-electron chi connectivity index (χ0n) is 21.0. The molecule has 1 atom stereocenters. The average Bonchev–Trinajstić information content (AvgIpc) is 3.23. The van der Waals surface area contributed by atoms with Crippen molar-refractivity contribution in [1.29, 1.82) is 5.41 Å². The molecular formula is C28H35N3O5. The summed E-state index contributed by atoms with van der Waals surface area (Å²) in [6, 6.07) is 13.0. The number of nitrogens with zero attached hydrogens (tertiary/aromatic N) is 1. The number of esters is 1. The van der Waals surface area contributed by atoms with Crippen LogP contribution in [0.5, 0.6) is 11.5 Å². The molecule has 1 unspecified atom stereocenters. The topological polar surface area (TPSA) is 115 Å². The summed E-state index contributed by atoms with van der Waals surface area (Å²) >= 11 is 0. The van der Waals surface area contributed by atoms with E-state index < -0.39 is 18.2 Å². The summed E-state index contributed by atoms with van der Waals surface area (Å²) < 4.78 is 16.6. The van der Waals surface area contributed by atoms with Gasteiger partial charge in [0, 0.05) is 13.0 Å². The van der Waals surface area contributed by atoms with E-state index in [4.69, 9.17) is 25.4 Å². The summed E-state index contributed by atoms with van der Waals surface area (Å²) in [6.45, 7) is 4.05. The van der Waals surface area contributed by atoms with E-state index in [0.717, 1.165) is 11.7 Å². The summed E-state index contributed by atoms with van der Waals surface area (Å²) in [6.07, 6.45) is 6.81. The fourth-order valence-electron chi connectivity index (χ4n) is 5.18. The van der Waals surface area contributed by atoms with Crippen molar-refractivity contribution in [3.05, 3.63) is 53.6 Å². The average molecular weight is 494 g/mol. The van der Waals surface area contributed by atoms with E-state index in [-0.39, 0.29) is 30.3 Å². The predicted molar refractivity (Wildman–Crippen MR) is 138 cm³/mol. The highest BCUT2D eigenvalue weighted by molar-refractivity contribution is 5.99. The van der Waals surface area contributed by atoms with Gasteiger partial charge in [-0.2, -0.15) is 0 Å². The minimum absolute atomic E-state index is 0.124. The molecule has 1 saturated carbocycles. The first-order valence-corrected chi connectivity index (χ1v) is 12.7. The maximum atomic E-state index is 12.5. The molecule has 1 amide bonds. The summed E-state index contributed by atoms with van der Waals surface area (Å²) in [5.74, 6) is 1.61. The number of hydrogen-bond acceptors (Lipinski definition) is 6. The number of rotatable bonds is 9. The molecule has 2 fully saturated rings. The number of cyclic esters (lactones) is 1. The summed E-state index contributed by atoms with van der Waals surface area (Å²) in [4.78, 5) is 25.4. The van der Waals surface area contributed by atoms with Crippen LogP contribution in [-0.2, 0) is 9.53 Å². The molecule has 2 aliphatic rings. The van der Waals surface area contributed by atoms with Gasteiger partial charge in [0.2, 0.25) is 0 Å². The lowest BCUT2D eigenvalue weighted by molar-refractivity contribution is -0.131. The van der Waals surface area contributed by atoms with E-state index in [1.54, 1.807) is 12.1 Å². The summed E-state index contributed by atoms with van der Waals surface area (Å²) in [7, 11) is 0. The lowest BCUT2D eigenvalue weighted by Crippen LogP contribution is -2.27. The van der Waals surface area contributed by atoms with Gasteiger partial charge in [0.1, 0.15) is 23.9 Å². The molecule has 0 aromatic heterocycles. The van der Waals surface area contributed by atoms with Gasteiger partial charge in [0.05, 0.1) is 17.8 Å². The second-order valence-corrected chi connectivity index (χ2v) is 9.69. The molecular weight excluding hydrogens is 458 g/mol. The second-order valence-electron chi connectivity index (χ2n) is 9.69. The van der Waals surface area contributed by atoms with E-state index in [1.165, 1.54) is 62.0 Å². The van der Waals surface area contributed by atoms with Crippen LogP contribution in [-0.4, -0.2) is 37.2 Å². The van der Waals surface area contributed by atoms with Gasteiger partial charge in [0.25, 0.3) is 0 Å². The van der Waals surface area contributed by atoms with Crippen LogP contribution in [0.15, 0.2) is 42.5 Å². The van der Waals surface area contributed by atoms with Gasteiger partial charge < -0.3 is 19.9 Å². The van der Waals surface area contributed by atoms with Crippen molar-refractivity contribution in [3.63, 3.8) is 0 Å². The normalized spacial score (nSPS) is 21.7. The number of amides is 1. The minimum atomic E-state index is -0.542. The van der Waals surface area contributed by atoms with E-state index >= 15 is 0 Å². The number of ether oxygens (including phenoxy) is 3. The van der Waals surface area contributed by atoms with Crippen molar-refractivity contribution < 1.29 is 23.8 Å². The smallest absolute Gasteiger partial charge is 0.414 e. The number of anilines is 1. The SMILES string of the molecule is CCCC1CCC(c2ccc(OCC3CN(c4ccc(C(=N)N)c(OC(C)=O)c4)C(=O)O3)cc2)CC1. The van der Waals surface area contributed by atoms with Gasteiger partial charge in [-0.3, -0.25) is 15.1 Å². The van der Waals surface area contributed by atoms with Crippen LogP contribution in [0.25, 0.3) is 0 Å². The molecule has 2 aromatic carbocycles. The van der Waals surface area contributed by atoms with Crippen molar-refractivity contribution in [2.24, 2.45) is 11.7 Å². The third kappa shape index (κ3) is 6.17. The Bertz CT molecular complexity index is 1090. The van der Waals surface area contributed by atoms with Crippen LogP contribution in [0.3, 0.4) is 0 Å². The van der Waals surface area contributed by atoms with E-state index in [9.17, 15) is 9.59 Å². The molecule has 8 heteroatoms. The molecule has 1 aliphatic carbocycles. The van der Waals surface area contributed by atoms with Crippen LogP contribution >= 0.6 is 0 Å². The lowest BCUT2D eigenvalue weighted by atomic mass is 9.77. The molecule has 36 heavy (non-hydrogen) atoms. The fourth-order valence-corrected chi connectivity index (χ4v) is 5.18. The predicted octanol–water partition coefficient (Wildman–Crippen LogP) is 5.37. The molecule has 4 rings (SSSR count). The third-order valence-electron chi connectivity index (χ3n) is 7.03. The van der Waals surface area contributed by atoms with Gasteiger partial charge in [-0.15, -0.1) is 0 Å². The highest BCUT2D eigenvalue weighted by atomic mass is 16.6. The van der Waals surface area contributed by atoms with Crippen molar-refractivity contribution in [2.75, 3.05) is 18.1 Å². The molecule has 0 radical (unpaired) electrons. The Labute approximate surface area is 212 Å². The first kappa shape index (κ1) is 25.5. The largest absolute Gasteiger partial charge is 0.490 e. The highest BCUT2D eigenvalue weighted by Crippen LogP contribution is 2.38. The number of nitrogens with one attached hydrogen (secondary N) is 1. The van der Waals surface area contributed by atoms with E-state index in [1.807, 2.05) is 12.1 Å². The highest BCUT2D eigenvalue weighted by Gasteiger charge is 2.33. The third-order valence-corrected chi connectivity index (χ3v) is 7.03. The number of carbonyl (C=O) groups excluding carboxylic acids is 2. The Balaban J connectivity index is 1.32. The molecule has 2 aromatic rings. The molecule has 8 nitrogen and oxygen atoms in total. The number of benzene rings is 2. The Morgan fingerprint density at radius 1 is 1.14 bits per heavy atom. The first-order valence-electron chi connectivity index (χ1n) is 12.7. The Morgan fingerprint density at radius 2 is 1.86 bits per heavy atom. The molecule has 3 N–H and O–H groups in total. The maximum Gasteiger partial charge on any atom is 0.414 e. The molecule has 1 heterocycles. The first-order chi connectivity index (χ1) is 17.3. The van der Waals surface area contributed by atoms with Crippen molar-refractivity contribution >= 4 is 23.6 Å². The van der Waals surface area contributed by atoms with Crippen molar-refractivity contribution in [3.8, 4) is 11.5 Å². The van der Waals surface area contributed by atoms with E-state index in [0.29, 0.717) is 11.6 Å². The van der Waals surface area contributed by atoms with Gasteiger partial charge in [-0.25, -0.2) is 4.79 Å². The van der Waals surface area contributed by atoms with Crippen LogP contribution in [0.1, 0.15) is 69.4 Å². The quantitative estimate of drug-likeness (QED) is 0.210. The second kappa shape index (κ2) is 11.5. The number of nitrogen functional groups attached to an aromatic ring is 1. The number of amidine groups is 1. The van der Waals surface area contributed by atoms with Gasteiger partial charge in [-0.1, -0.05) is 31.9 Å². The summed E-state index contributed by atoms with van der Waals surface area (Å²) in [5, 5.41) is 7.67. The fraction of sp³-hybridized carbons (Fsp3) is 0.464. The molecule has 0 spiro atoms. The van der Waals surface area contributed by atoms with Crippen LogP contribution in [0.4, 0.5) is 10.5 Å². The zero-order chi connectivity index (χ0) is 25.7. The van der Waals surface area contributed by atoms with Gasteiger partial charge in [0.15, 0.2) is 6.10 Å². The van der Waals surface area contributed by atoms with Crippen LogP contribution in [0.2, 0.25) is 0 Å². The lowest BCUT2D eigenvalue weighted by Gasteiger charge is -2.28. The molecule has 1 aliphatic heterocycles. The van der Waals surface area contributed by atoms with Crippen molar-refractivity contribution in [1.82, 2.24) is 0 Å². The van der Waals surface area contributed by atoms with Gasteiger partial charge in [-0.05, 0) is 67.3 Å². The monoisotopic (exact) mass is 493 g/mol. The van der Waals surface area contributed by atoms with Crippen molar-refractivity contribution in [2.45, 2.75) is 64.4 Å². The summed E-state index contributed by atoms with van der Waals surface area (Å²) in [5.41, 5.74) is 7.71. The number of nitrogens with two attached hydrogens (primary N) is 1. The molecule has 0 bridgehead atoms. The van der Waals surface area contributed by atoms with Crippen LogP contribution in [0, 0.1) is 11.3 Å². The standard InChI is InChI=1S/C28H35N3O5/c1-3-4-19-5-7-20(8-6-19)21-9-12-23(13-10-21)34-17-24-16-31(28(33)36-24)22-11-14-25(27(29)30)26(15-22)35-18(2)32/h9-15,19-20,24H,3-8,16-17H2,1-2H3,(H3,29,30). The Hall–Kier alpha value is -3.55. The number of hydrogen-bond donors (Lipinski definition) is 2. The van der Waals surface area contributed by atoms with Gasteiger partial charge >= 0.3 is 12.1 Å². The minimum Gasteiger partial charge on any atom is -0.490 e. The molecule has 192 valence electrons. The number of carbonyl (C=O) groups is 2. The van der Waals surface area contributed by atoms with Crippen LogP contribution < -0.4 is 20.1 Å². The molecule has 1 saturated heterocycles. The Kier molecular flexibility index (Phi) is 8.13.